The maximum Gasteiger partial charge on any atom is 0.220 e. The molecule has 3 rings (SSSR count). The molecule has 7 heteroatoms. The van der Waals surface area contributed by atoms with E-state index in [2.05, 4.69) is 25.3 Å². The van der Waals surface area contributed by atoms with E-state index in [0.29, 0.717) is 16.4 Å². The summed E-state index contributed by atoms with van der Waals surface area (Å²) in [5, 5.41) is 3.70. The molecule has 19 heavy (non-hydrogen) atoms. The molecule has 0 aliphatic heterocycles. The summed E-state index contributed by atoms with van der Waals surface area (Å²) in [5.74, 6) is 1.72. The summed E-state index contributed by atoms with van der Waals surface area (Å²) >= 11 is 6.06. The Kier molecular flexibility index (Phi) is 3.16. The maximum absolute atomic E-state index is 6.06. The van der Waals surface area contributed by atoms with Gasteiger partial charge in [-0.1, -0.05) is 11.6 Å². The van der Waals surface area contributed by atoms with Gasteiger partial charge in [0.1, 0.15) is 17.8 Å². The van der Waals surface area contributed by atoms with E-state index in [1.165, 1.54) is 25.4 Å². The van der Waals surface area contributed by atoms with Crippen LogP contribution in [0.3, 0.4) is 0 Å². The lowest BCUT2D eigenvalue weighted by atomic mass is 10.3. The zero-order valence-corrected chi connectivity index (χ0v) is 10.9. The molecule has 1 aliphatic rings. The number of anilines is 2. The molecule has 0 bridgehead atoms. The fourth-order valence-electron chi connectivity index (χ4n) is 1.71. The van der Waals surface area contributed by atoms with Crippen molar-refractivity contribution in [3.63, 3.8) is 0 Å². The zero-order chi connectivity index (χ0) is 13.2. The topological polar surface area (TPSA) is 89.6 Å². The molecule has 6 nitrogen and oxygen atoms in total. The quantitative estimate of drug-likeness (QED) is 0.888. The Morgan fingerprint density at radius 1 is 1.32 bits per heavy atom. The van der Waals surface area contributed by atoms with Crippen molar-refractivity contribution in [3.8, 4) is 11.4 Å². The fraction of sp³-hybridized carbons (Fsp3) is 0.333. The van der Waals surface area contributed by atoms with Crippen molar-refractivity contribution in [2.45, 2.75) is 12.8 Å². The van der Waals surface area contributed by atoms with Crippen molar-refractivity contribution in [1.29, 1.82) is 0 Å². The van der Waals surface area contributed by atoms with E-state index < -0.39 is 0 Å². The lowest BCUT2D eigenvalue weighted by molar-refractivity contribution is 0.881. The molecular weight excluding hydrogens is 264 g/mol. The highest BCUT2D eigenvalue weighted by Gasteiger charge is 2.20. The molecule has 0 amide bonds. The minimum absolute atomic E-state index is 0.172. The number of rotatable bonds is 4. The molecule has 2 aromatic rings. The van der Waals surface area contributed by atoms with E-state index in [0.717, 1.165) is 18.3 Å². The smallest absolute Gasteiger partial charge is 0.220 e. The second-order valence-corrected chi connectivity index (χ2v) is 4.94. The lowest BCUT2D eigenvalue weighted by Gasteiger charge is -2.07. The van der Waals surface area contributed by atoms with Crippen LogP contribution < -0.4 is 11.1 Å². The molecule has 1 saturated carbocycles. The van der Waals surface area contributed by atoms with E-state index in [9.17, 15) is 0 Å². The number of halogens is 1. The number of hydrogen-bond donors (Lipinski definition) is 2. The average Bonchev–Trinajstić information content (AvgIpc) is 3.24. The van der Waals surface area contributed by atoms with Crippen LogP contribution in [0.2, 0.25) is 5.02 Å². The Morgan fingerprint density at radius 3 is 2.95 bits per heavy atom. The summed E-state index contributed by atoms with van der Waals surface area (Å²) in [6.07, 6.45) is 5.54. The van der Waals surface area contributed by atoms with E-state index >= 15 is 0 Å². The van der Waals surface area contributed by atoms with Crippen LogP contribution in [-0.4, -0.2) is 26.5 Å². The van der Waals surface area contributed by atoms with E-state index in [4.69, 9.17) is 17.3 Å². The molecule has 0 spiro atoms. The highest BCUT2D eigenvalue weighted by atomic mass is 35.5. The van der Waals surface area contributed by atoms with Crippen molar-refractivity contribution in [2.75, 3.05) is 17.6 Å². The number of nitrogens with two attached hydrogens (primary N) is 1. The Balaban J connectivity index is 1.86. The Morgan fingerprint density at radius 2 is 2.16 bits per heavy atom. The molecule has 1 fully saturated rings. The van der Waals surface area contributed by atoms with E-state index in [1.807, 2.05) is 6.07 Å². The third kappa shape index (κ3) is 2.90. The first kappa shape index (κ1) is 12.1. The summed E-state index contributed by atoms with van der Waals surface area (Å²) in [6, 6.07) is 1.82. The molecule has 98 valence electrons. The normalized spacial score (nSPS) is 14.4. The standard InChI is InChI=1S/C12H13ClN6/c13-8-5-16-12(14)19-11(8)9-3-10(18-6-17-9)15-4-7-1-2-7/h3,5-7H,1-2,4H2,(H2,14,16,19)(H,15,17,18). The predicted octanol–water partition coefficient (Wildman–Crippen LogP) is 1.99. The molecule has 0 unspecified atom stereocenters. The molecule has 2 heterocycles. The SMILES string of the molecule is Nc1ncc(Cl)c(-c2cc(NCC3CC3)ncn2)n1. The summed E-state index contributed by atoms with van der Waals surface area (Å²) in [4.78, 5) is 16.3. The van der Waals surface area contributed by atoms with Crippen LogP contribution in [0, 0.1) is 5.92 Å². The van der Waals surface area contributed by atoms with E-state index in [-0.39, 0.29) is 5.95 Å². The van der Waals surface area contributed by atoms with Gasteiger partial charge in [-0.05, 0) is 18.8 Å². The van der Waals surface area contributed by atoms with Crippen LogP contribution in [0.25, 0.3) is 11.4 Å². The minimum Gasteiger partial charge on any atom is -0.370 e. The first-order valence-corrected chi connectivity index (χ1v) is 6.44. The molecule has 0 saturated heterocycles. The number of nitrogens with one attached hydrogen (secondary N) is 1. The molecule has 0 atom stereocenters. The lowest BCUT2D eigenvalue weighted by Crippen LogP contribution is -2.05. The predicted molar refractivity (Wildman–Crippen MR) is 73.7 cm³/mol. The van der Waals surface area contributed by atoms with Gasteiger partial charge in [-0.25, -0.2) is 19.9 Å². The van der Waals surface area contributed by atoms with Crippen LogP contribution in [0.4, 0.5) is 11.8 Å². The van der Waals surface area contributed by atoms with Gasteiger partial charge in [0.05, 0.1) is 16.9 Å². The van der Waals surface area contributed by atoms with Crippen LogP contribution in [0.1, 0.15) is 12.8 Å². The molecule has 2 aromatic heterocycles. The highest BCUT2D eigenvalue weighted by Crippen LogP contribution is 2.29. The van der Waals surface area contributed by atoms with Crippen molar-refractivity contribution in [2.24, 2.45) is 5.92 Å². The third-order valence-corrected chi connectivity index (χ3v) is 3.22. The number of aromatic nitrogens is 4. The van der Waals surface area contributed by atoms with Crippen LogP contribution in [0.15, 0.2) is 18.6 Å². The molecule has 0 aromatic carbocycles. The van der Waals surface area contributed by atoms with Crippen molar-refractivity contribution >= 4 is 23.4 Å². The fourth-order valence-corrected chi connectivity index (χ4v) is 1.90. The van der Waals surface area contributed by atoms with Crippen molar-refractivity contribution in [1.82, 2.24) is 19.9 Å². The average molecular weight is 277 g/mol. The van der Waals surface area contributed by atoms with Gasteiger partial charge < -0.3 is 11.1 Å². The van der Waals surface area contributed by atoms with Gasteiger partial charge in [0.2, 0.25) is 5.95 Å². The Labute approximate surface area is 115 Å². The minimum atomic E-state index is 0.172. The third-order valence-electron chi connectivity index (χ3n) is 2.94. The number of nitrogen functional groups attached to an aromatic ring is 1. The Bertz CT molecular complexity index is 599. The largest absolute Gasteiger partial charge is 0.370 e. The van der Waals surface area contributed by atoms with Gasteiger partial charge >= 0.3 is 0 Å². The van der Waals surface area contributed by atoms with Gasteiger partial charge in [-0.15, -0.1) is 0 Å². The highest BCUT2D eigenvalue weighted by molar-refractivity contribution is 6.32. The van der Waals surface area contributed by atoms with Gasteiger partial charge in [0.15, 0.2) is 0 Å². The first-order chi connectivity index (χ1) is 9.22. The number of hydrogen-bond acceptors (Lipinski definition) is 6. The second-order valence-electron chi connectivity index (χ2n) is 4.54. The zero-order valence-electron chi connectivity index (χ0n) is 10.2. The van der Waals surface area contributed by atoms with Crippen molar-refractivity contribution < 1.29 is 0 Å². The Hall–Kier alpha value is -1.95. The summed E-state index contributed by atoms with van der Waals surface area (Å²) < 4.78 is 0. The second kappa shape index (κ2) is 4.97. The van der Waals surface area contributed by atoms with Gasteiger partial charge in [0, 0.05) is 12.6 Å². The molecular formula is C12H13ClN6. The summed E-state index contributed by atoms with van der Waals surface area (Å²) in [7, 11) is 0. The van der Waals surface area contributed by atoms with Crippen molar-refractivity contribution in [3.05, 3.63) is 23.6 Å². The van der Waals surface area contributed by atoms with Crippen LogP contribution in [-0.2, 0) is 0 Å². The van der Waals surface area contributed by atoms with Crippen LogP contribution >= 0.6 is 11.6 Å². The van der Waals surface area contributed by atoms with Crippen LogP contribution in [0.5, 0.6) is 0 Å². The van der Waals surface area contributed by atoms with E-state index in [1.54, 1.807) is 0 Å². The first-order valence-electron chi connectivity index (χ1n) is 6.06. The molecule has 3 N–H and O–H groups in total. The van der Waals surface area contributed by atoms with Gasteiger partial charge in [-0.3, -0.25) is 0 Å². The number of nitrogens with zero attached hydrogens (tertiary/aromatic N) is 4. The summed E-state index contributed by atoms with van der Waals surface area (Å²) in [5.41, 5.74) is 6.72. The molecule has 1 aliphatic carbocycles. The van der Waals surface area contributed by atoms with Gasteiger partial charge in [0.25, 0.3) is 0 Å². The maximum atomic E-state index is 6.06. The summed E-state index contributed by atoms with van der Waals surface area (Å²) in [6.45, 7) is 0.941. The molecule has 0 radical (unpaired) electrons. The van der Waals surface area contributed by atoms with Gasteiger partial charge in [-0.2, -0.15) is 0 Å². The monoisotopic (exact) mass is 276 g/mol.